The molecule has 0 aliphatic carbocycles. The number of carbonyl (C=O) groups is 1. The quantitative estimate of drug-likeness (QED) is 0.419. The highest BCUT2D eigenvalue weighted by atomic mass is 16.5. The maximum Gasteiger partial charge on any atom is 0.277 e. The van der Waals surface area contributed by atoms with Gasteiger partial charge in [0.2, 0.25) is 0 Å². The Morgan fingerprint density at radius 1 is 1.00 bits per heavy atom. The number of ether oxygens (including phenoxy) is 3. The van der Waals surface area contributed by atoms with Gasteiger partial charge in [-0.1, -0.05) is 30.3 Å². The van der Waals surface area contributed by atoms with E-state index in [0.29, 0.717) is 29.4 Å². The van der Waals surface area contributed by atoms with Gasteiger partial charge in [0.1, 0.15) is 18.1 Å². The van der Waals surface area contributed by atoms with Crippen LogP contribution in [-0.2, 0) is 11.4 Å². The van der Waals surface area contributed by atoms with Crippen molar-refractivity contribution >= 4 is 12.1 Å². The SMILES string of the molecule is COc1ccc(C=NNC(=O)COc2ccc(OCc3ccccc3)cc2)cc1O. The van der Waals surface area contributed by atoms with Gasteiger partial charge in [-0.25, -0.2) is 5.43 Å². The van der Waals surface area contributed by atoms with Gasteiger partial charge in [-0.2, -0.15) is 5.10 Å². The molecule has 0 aliphatic rings. The van der Waals surface area contributed by atoms with Crippen LogP contribution < -0.4 is 19.6 Å². The molecule has 3 rings (SSSR count). The van der Waals surface area contributed by atoms with Crippen LogP contribution in [-0.4, -0.2) is 30.9 Å². The van der Waals surface area contributed by atoms with Gasteiger partial charge < -0.3 is 19.3 Å². The van der Waals surface area contributed by atoms with Crippen molar-refractivity contribution in [1.29, 1.82) is 0 Å². The Morgan fingerprint density at radius 3 is 2.37 bits per heavy atom. The summed E-state index contributed by atoms with van der Waals surface area (Å²) in [4.78, 5) is 11.9. The van der Waals surface area contributed by atoms with Crippen LogP contribution in [0.5, 0.6) is 23.0 Å². The van der Waals surface area contributed by atoms with E-state index in [1.54, 1.807) is 36.4 Å². The second kappa shape index (κ2) is 10.5. The Hall–Kier alpha value is -4.00. The van der Waals surface area contributed by atoms with E-state index < -0.39 is 5.91 Å². The van der Waals surface area contributed by atoms with Crippen LogP contribution in [0.25, 0.3) is 0 Å². The number of methoxy groups -OCH3 is 1. The van der Waals surface area contributed by atoms with Gasteiger partial charge >= 0.3 is 0 Å². The summed E-state index contributed by atoms with van der Waals surface area (Å²) >= 11 is 0. The van der Waals surface area contributed by atoms with E-state index in [0.717, 1.165) is 5.56 Å². The average Bonchev–Trinajstić information content (AvgIpc) is 2.78. The largest absolute Gasteiger partial charge is 0.504 e. The number of benzene rings is 3. The zero-order chi connectivity index (χ0) is 21.2. The fourth-order valence-electron chi connectivity index (χ4n) is 2.52. The molecular weight excluding hydrogens is 384 g/mol. The highest BCUT2D eigenvalue weighted by Gasteiger charge is 2.03. The van der Waals surface area contributed by atoms with Crippen molar-refractivity contribution in [2.45, 2.75) is 6.61 Å². The third kappa shape index (κ3) is 6.27. The lowest BCUT2D eigenvalue weighted by Gasteiger charge is -2.08. The van der Waals surface area contributed by atoms with Crippen molar-refractivity contribution in [3.05, 3.63) is 83.9 Å². The minimum atomic E-state index is -0.409. The molecule has 2 N–H and O–H groups in total. The van der Waals surface area contributed by atoms with Crippen molar-refractivity contribution in [2.24, 2.45) is 5.10 Å². The topological polar surface area (TPSA) is 89.4 Å². The van der Waals surface area contributed by atoms with Crippen LogP contribution in [0.3, 0.4) is 0 Å². The first kappa shape index (κ1) is 20.7. The number of nitrogens with zero attached hydrogens (tertiary/aromatic N) is 1. The smallest absolute Gasteiger partial charge is 0.277 e. The monoisotopic (exact) mass is 406 g/mol. The molecule has 0 aromatic heterocycles. The number of hydrogen-bond acceptors (Lipinski definition) is 6. The third-order valence-corrected chi connectivity index (χ3v) is 4.05. The highest BCUT2D eigenvalue weighted by molar-refractivity contribution is 5.83. The minimum absolute atomic E-state index is 0.00713. The van der Waals surface area contributed by atoms with Crippen LogP contribution in [0.15, 0.2) is 77.9 Å². The van der Waals surface area contributed by atoms with Gasteiger partial charge in [0, 0.05) is 0 Å². The van der Waals surface area contributed by atoms with Gasteiger partial charge in [-0.3, -0.25) is 4.79 Å². The summed E-state index contributed by atoms with van der Waals surface area (Å²) in [7, 11) is 1.47. The Kier molecular flexibility index (Phi) is 7.27. The summed E-state index contributed by atoms with van der Waals surface area (Å²) in [6.07, 6.45) is 1.41. The molecule has 0 unspecified atom stereocenters. The molecule has 0 heterocycles. The Balaban J connectivity index is 1.41. The first-order chi connectivity index (χ1) is 14.6. The lowest BCUT2D eigenvalue weighted by Crippen LogP contribution is -2.24. The van der Waals surface area contributed by atoms with Crippen molar-refractivity contribution < 1.29 is 24.1 Å². The molecule has 7 heteroatoms. The molecule has 0 aliphatic heterocycles. The zero-order valence-electron chi connectivity index (χ0n) is 16.4. The zero-order valence-corrected chi connectivity index (χ0v) is 16.4. The molecule has 0 radical (unpaired) electrons. The molecule has 0 fully saturated rings. The fraction of sp³-hybridized carbons (Fsp3) is 0.130. The summed E-state index contributed by atoms with van der Waals surface area (Å²) in [6, 6.07) is 21.7. The molecular formula is C23H22N2O5. The Labute approximate surface area is 174 Å². The normalized spacial score (nSPS) is 10.6. The second-order valence-corrected chi connectivity index (χ2v) is 6.26. The summed E-state index contributed by atoms with van der Waals surface area (Å²) < 4.78 is 16.1. The number of carbonyl (C=O) groups excluding carboxylic acids is 1. The lowest BCUT2D eigenvalue weighted by atomic mass is 10.2. The fourth-order valence-corrected chi connectivity index (χ4v) is 2.52. The van der Waals surface area contributed by atoms with Gasteiger partial charge in [0.25, 0.3) is 5.91 Å². The van der Waals surface area contributed by atoms with E-state index in [4.69, 9.17) is 14.2 Å². The molecule has 0 saturated heterocycles. The van der Waals surface area contributed by atoms with E-state index in [1.165, 1.54) is 19.4 Å². The molecule has 3 aromatic rings. The van der Waals surface area contributed by atoms with Crippen LogP contribution in [0.4, 0.5) is 0 Å². The lowest BCUT2D eigenvalue weighted by molar-refractivity contribution is -0.123. The number of nitrogens with one attached hydrogen (secondary N) is 1. The maximum absolute atomic E-state index is 11.9. The molecule has 3 aromatic carbocycles. The summed E-state index contributed by atoms with van der Waals surface area (Å²) in [5.74, 6) is 1.20. The van der Waals surface area contributed by atoms with Gasteiger partial charge in [0.05, 0.1) is 13.3 Å². The van der Waals surface area contributed by atoms with Crippen molar-refractivity contribution in [1.82, 2.24) is 5.43 Å². The summed E-state index contributed by atoms with van der Waals surface area (Å²) in [5, 5.41) is 13.6. The number of amides is 1. The van der Waals surface area contributed by atoms with E-state index in [-0.39, 0.29) is 12.4 Å². The van der Waals surface area contributed by atoms with E-state index >= 15 is 0 Å². The minimum Gasteiger partial charge on any atom is -0.504 e. The van der Waals surface area contributed by atoms with Crippen molar-refractivity contribution in [3.8, 4) is 23.0 Å². The van der Waals surface area contributed by atoms with Crippen LogP contribution in [0, 0.1) is 0 Å². The highest BCUT2D eigenvalue weighted by Crippen LogP contribution is 2.25. The van der Waals surface area contributed by atoms with Gasteiger partial charge in [0.15, 0.2) is 18.1 Å². The predicted molar refractivity (Wildman–Crippen MR) is 113 cm³/mol. The summed E-state index contributed by atoms with van der Waals surface area (Å²) in [5.41, 5.74) is 4.06. The van der Waals surface area contributed by atoms with Crippen molar-refractivity contribution in [2.75, 3.05) is 13.7 Å². The van der Waals surface area contributed by atoms with Gasteiger partial charge in [-0.15, -0.1) is 0 Å². The van der Waals surface area contributed by atoms with E-state index in [2.05, 4.69) is 10.5 Å². The third-order valence-electron chi connectivity index (χ3n) is 4.05. The van der Waals surface area contributed by atoms with Crippen molar-refractivity contribution in [3.63, 3.8) is 0 Å². The number of hydrogen-bond donors (Lipinski definition) is 2. The molecule has 0 saturated carbocycles. The molecule has 1 amide bonds. The number of phenols is 1. The first-order valence-corrected chi connectivity index (χ1v) is 9.22. The number of rotatable bonds is 9. The van der Waals surface area contributed by atoms with Crippen LogP contribution in [0.2, 0.25) is 0 Å². The van der Waals surface area contributed by atoms with Gasteiger partial charge in [-0.05, 0) is 53.6 Å². The molecule has 154 valence electrons. The Bertz CT molecular complexity index is 988. The van der Waals surface area contributed by atoms with E-state index in [9.17, 15) is 9.90 Å². The molecule has 30 heavy (non-hydrogen) atoms. The van der Waals surface area contributed by atoms with Crippen LogP contribution >= 0.6 is 0 Å². The average molecular weight is 406 g/mol. The second-order valence-electron chi connectivity index (χ2n) is 6.26. The number of aromatic hydroxyl groups is 1. The summed E-state index contributed by atoms with van der Waals surface area (Å²) in [6.45, 7) is 0.294. The molecule has 0 spiro atoms. The predicted octanol–water partition coefficient (Wildman–Crippen LogP) is 3.51. The standard InChI is InChI=1S/C23H22N2O5/c1-28-22-12-7-18(13-21(22)26)14-24-25-23(27)16-30-20-10-8-19(9-11-20)29-15-17-5-3-2-4-6-17/h2-14,26H,15-16H2,1H3,(H,25,27). The molecule has 7 nitrogen and oxygen atoms in total. The van der Waals surface area contributed by atoms with E-state index in [1.807, 2.05) is 30.3 Å². The molecule has 0 atom stereocenters. The molecule has 0 bridgehead atoms. The van der Waals surface area contributed by atoms with Crippen LogP contribution in [0.1, 0.15) is 11.1 Å². The maximum atomic E-state index is 11.9. The Morgan fingerprint density at radius 2 is 1.70 bits per heavy atom. The number of hydrazone groups is 1. The number of phenolic OH excluding ortho intramolecular Hbond substituents is 1. The first-order valence-electron chi connectivity index (χ1n) is 9.22.